The third-order valence-corrected chi connectivity index (χ3v) is 4.98. The van der Waals surface area contributed by atoms with Crippen LogP contribution in [0.4, 0.5) is 0 Å². The van der Waals surface area contributed by atoms with Gasteiger partial charge in [-0.15, -0.1) is 24.0 Å². The molecule has 0 saturated carbocycles. The Morgan fingerprint density at radius 3 is 2.12 bits per heavy atom. The molecular weight excluding hydrogens is 439 g/mol. The van der Waals surface area contributed by atoms with Crippen LogP contribution in [-0.4, -0.2) is 31.5 Å². The molecule has 1 aromatic carbocycles. The molecule has 0 unspecified atom stereocenters. The normalized spacial score (nSPS) is 12.3. The minimum absolute atomic E-state index is 0. The van der Waals surface area contributed by atoms with Crippen molar-refractivity contribution in [2.75, 3.05) is 19.6 Å². The topological polar surface area (TPSA) is 79.5 Å². The molecule has 0 spiro atoms. The van der Waals surface area contributed by atoms with Gasteiger partial charge in [-0.1, -0.05) is 44.2 Å². The monoisotopic (exact) mass is 474 g/mol. The first-order valence-electron chi connectivity index (χ1n) is 9.19. The lowest BCUT2D eigenvalue weighted by Crippen LogP contribution is -2.46. The van der Waals surface area contributed by atoms with E-state index in [4.69, 9.17) is 5.73 Å². The zero-order chi connectivity index (χ0) is 18.9. The first-order valence-corrected chi connectivity index (χ1v) is 9.19. The van der Waals surface area contributed by atoms with E-state index in [1.165, 1.54) is 5.56 Å². The number of halogens is 1. The molecule has 1 aromatic rings. The first-order chi connectivity index (χ1) is 11.8. The van der Waals surface area contributed by atoms with Crippen LogP contribution >= 0.6 is 24.0 Å². The summed E-state index contributed by atoms with van der Waals surface area (Å²) in [6, 6.07) is 10.6. The number of nitrogens with two attached hydrogens (primary N) is 1. The third kappa shape index (κ3) is 6.78. The smallest absolute Gasteiger partial charge is 0.224 e. The molecule has 0 heterocycles. The Morgan fingerprint density at radius 1 is 1.08 bits per heavy atom. The second kappa shape index (κ2) is 11.4. The number of carbonyl (C=O) groups excluding carboxylic acids is 1. The summed E-state index contributed by atoms with van der Waals surface area (Å²) in [5, 5.41) is 6.71. The number of nitrogens with one attached hydrogen (secondary N) is 2. The van der Waals surface area contributed by atoms with Crippen LogP contribution in [0, 0.1) is 5.41 Å². The van der Waals surface area contributed by atoms with E-state index in [-0.39, 0.29) is 35.3 Å². The summed E-state index contributed by atoms with van der Waals surface area (Å²) >= 11 is 0. The molecule has 0 aliphatic carbocycles. The summed E-state index contributed by atoms with van der Waals surface area (Å²) < 4.78 is 0. The fourth-order valence-electron chi connectivity index (χ4n) is 2.75. The van der Waals surface area contributed by atoms with Gasteiger partial charge in [-0.2, -0.15) is 0 Å². The van der Waals surface area contributed by atoms with Gasteiger partial charge < -0.3 is 16.4 Å². The highest BCUT2D eigenvalue weighted by atomic mass is 127. The zero-order valence-electron chi connectivity index (χ0n) is 16.8. The van der Waals surface area contributed by atoms with E-state index in [0.717, 1.165) is 31.9 Å². The van der Waals surface area contributed by atoms with Gasteiger partial charge in [0.25, 0.3) is 0 Å². The van der Waals surface area contributed by atoms with Crippen LogP contribution in [-0.2, 0) is 10.2 Å². The van der Waals surface area contributed by atoms with Gasteiger partial charge in [-0.25, -0.2) is 0 Å². The second-order valence-electron chi connectivity index (χ2n) is 7.15. The lowest BCUT2D eigenvalue weighted by atomic mass is 9.76. The van der Waals surface area contributed by atoms with Crippen molar-refractivity contribution in [1.29, 1.82) is 0 Å². The third-order valence-electron chi connectivity index (χ3n) is 4.98. The predicted octanol–water partition coefficient (Wildman–Crippen LogP) is 3.43. The van der Waals surface area contributed by atoms with Crippen molar-refractivity contribution in [2.45, 2.75) is 52.9 Å². The Hall–Kier alpha value is -1.31. The number of benzene rings is 1. The van der Waals surface area contributed by atoms with Gasteiger partial charge in [0.1, 0.15) is 0 Å². The minimum atomic E-state index is -0.658. The molecule has 0 fully saturated rings. The molecule has 0 radical (unpaired) electrons. The van der Waals surface area contributed by atoms with E-state index in [9.17, 15) is 4.79 Å². The van der Waals surface area contributed by atoms with Gasteiger partial charge in [-0.3, -0.25) is 9.79 Å². The standard InChI is InChI=1S/C20H34N4O.HI/c1-6-20(7-2,16-12-10-9-11-13-16)15-24-18(22-8-3)23-14-19(4,5)17(21)25;/h9-13H,6-8,14-15H2,1-5H3,(H2,21,25)(H2,22,23,24);1H. The highest BCUT2D eigenvalue weighted by Gasteiger charge is 2.29. The Labute approximate surface area is 175 Å². The molecule has 0 aromatic heterocycles. The van der Waals surface area contributed by atoms with Gasteiger partial charge in [-0.05, 0) is 39.2 Å². The van der Waals surface area contributed by atoms with E-state index < -0.39 is 5.41 Å². The summed E-state index contributed by atoms with van der Waals surface area (Å²) in [6.45, 7) is 12.0. The predicted molar refractivity (Wildman–Crippen MR) is 121 cm³/mol. The summed E-state index contributed by atoms with van der Waals surface area (Å²) in [4.78, 5) is 16.1. The van der Waals surface area contributed by atoms with Gasteiger partial charge in [0.15, 0.2) is 5.96 Å². The number of aliphatic imine (C=N–C) groups is 1. The van der Waals surface area contributed by atoms with Crippen molar-refractivity contribution in [3.05, 3.63) is 35.9 Å². The molecule has 1 amide bonds. The van der Waals surface area contributed by atoms with E-state index in [2.05, 4.69) is 53.7 Å². The van der Waals surface area contributed by atoms with Crippen molar-refractivity contribution in [2.24, 2.45) is 16.1 Å². The molecule has 6 heteroatoms. The van der Waals surface area contributed by atoms with Gasteiger partial charge in [0, 0.05) is 18.5 Å². The molecule has 1 rings (SSSR count). The molecule has 26 heavy (non-hydrogen) atoms. The molecule has 0 aliphatic rings. The van der Waals surface area contributed by atoms with Crippen LogP contribution < -0.4 is 16.4 Å². The van der Waals surface area contributed by atoms with Crippen molar-refractivity contribution < 1.29 is 4.79 Å². The van der Waals surface area contributed by atoms with E-state index in [1.54, 1.807) is 0 Å². The van der Waals surface area contributed by atoms with E-state index in [1.807, 2.05) is 26.8 Å². The number of amides is 1. The van der Waals surface area contributed by atoms with Crippen LogP contribution in [0.1, 0.15) is 53.0 Å². The lowest BCUT2D eigenvalue weighted by molar-refractivity contribution is -0.125. The molecule has 5 nitrogen and oxygen atoms in total. The SMILES string of the molecule is CCNC(=NCC(C)(C)C(N)=O)NCC(CC)(CC)c1ccccc1.I. The van der Waals surface area contributed by atoms with Crippen LogP contribution in [0.3, 0.4) is 0 Å². The maximum atomic E-state index is 11.5. The van der Waals surface area contributed by atoms with Crippen molar-refractivity contribution in [3.63, 3.8) is 0 Å². The Morgan fingerprint density at radius 2 is 1.65 bits per heavy atom. The van der Waals surface area contributed by atoms with Crippen molar-refractivity contribution in [3.8, 4) is 0 Å². The van der Waals surface area contributed by atoms with Gasteiger partial charge in [0.05, 0.1) is 12.0 Å². The number of hydrogen-bond donors (Lipinski definition) is 3. The number of carbonyl (C=O) groups is 1. The summed E-state index contributed by atoms with van der Waals surface area (Å²) in [6.07, 6.45) is 2.07. The summed E-state index contributed by atoms with van der Waals surface area (Å²) in [5.74, 6) is 0.381. The van der Waals surface area contributed by atoms with Gasteiger partial charge >= 0.3 is 0 Å². The highest BCUT2D eigenvalue weighted by molar-refractivity contribution is 14.0. The molecule has 4 N–H and O–H groups in total. The molecule has 148 valence electrons. The molecule has 0 atom stereocenters. The first kappa shape index (κ1) is 24.7. The van der Waals surface area contributed by atoms with Crippen molar-refractivity contribution in [1.82, 2.24) is 10.6 Å². The number of rotatable bonds is 9. The average Bonchev–Trinajstić information content (AvgIpc) is 2.61. The molecular formula is C20H35IN4O. The molecule has 0 saturated heterocycles. The van der Waals surface area contributed by atoms with Crippen LogP contribution in [0.15, 0.2) is 35.3 Å². The lowest BCUT2D eigenvalue weighted by Gasteiger charge is -2.33. The fourth-order valence-corrected chi connectivity index (χ4v) is 2.75. The van der Waals surface area contributed by atoms with E-state index >= 15 is 0 Å². The second-order valence-corrected chi connectivity index (χ2v) is 7.15. The summed E-state index contributed by atoms with van der Waals surface area (Å²) in [5.41, 5.74) is 6.17. The summed E-state index contributed by atoms with van der Waals surface area (Å²) in [7, 11) is 0. The number of primary amides is 1. The number of guanidine groups is 1. The van der Waals surface area contributed by atoms with Gasteiger partial charge in [0.2, 0.25) is 5.91 Å². The maximum absolute atomic E-state index is 11.5. The molecule has 0 bridgehead atoms. The maximum Gasteiger partial charge on any atom is 0.224 e. The average molecular weight is 474 g/mol. The molecule has 0 aliphatic heterocycles. The Kier molecular flexibility index (Phi) is 10.8. The minimum Gasteiger partial charge on any atom is -0.369 e. The Balaban J connectivity index is 0.00000625. The van der Waals surface area contributed by atoms with Crippen molar-refractivity contribution >= 4 is 35.8 Å². The van der Waals surface area contributed by atoms with Crippen LogP contribution in [0.5, 0.6) is 0 Å². The number of nitrogens with zero attached hydrogens (tertiary/aromatic N) is 1. The van der Waals surface area contributed by atoms with E-state index in [0.29, 0.717) is 6.54 Å². The largest absolute Gasteiger partial charge is 0.369 e. The number of hydrogen-bond acceptors (Lipinski definition) is 2. The Bertz CT molecular complexity index is 568. The highest BCUT2D eigenvalue weighted by Crippen LogP contribution is 2.30. The zero-order valence-corrected chi connectivity index (χ0v) is 19.1. The van der Waals surface area contributed by atoms with Crippen LogP contribution in [0.25, 0.3) is 0 Å². The van der Waals surface area contributed by atoms with Crippen LogP contribution in [0.2, 0.25) is 0 Å². The quantitative estimate of drug-likeness (QED) is 0.292. The fraction of sp³-hybridized carbons (Fsp3) is 0.600.